The van der Waals surface area contributed by atoms with Crippen molar-refractivity contribution in [3.63, 3.8) is 0 Å². The first-order valence-corrected chi connectivity index (χ1v) is 7.24. The minimum Gasteiger partial charge on any atom is -0.382 e. The number of thiocarbonyl (C=S) groups is 1. The van der Waals surface area contributed by atoms with Gasteiger partial charge in [0.25, 0.3) is 0 Å². The molecule has 1 aliphatic rings. The molecule has 0 aromatic carbocycles. The number of hydrogen-bond acceptors (Lipinski definition) is 3. The summed E-state index contributed by atoms with van der Waals surface area (Å²) < 4.78 is 10.7. The van der Waals surface area contributed by atoms with Crippen molar-refractivity contribution in [1.82, 2.24) is 10.6 Å². The Morgan fingerprint density at radius 2 is 2.06 bits per heavy atom. The number of rotatable bonds is 7. The molecule has 0 aromatic rings. The molecule has 1 heterocycles. The summed E-state index contributed by atoms with van der Waals surface area (Å²) in [5.74, 6) is 0. The van der Waals surface area contributed by atoms with Crippen LogP contribution in [0.2, 0.25) is 0 Å². The molecule has 106 valence electrons. The van der Waals surface area contributed by atoms with Crippen molar-refractivity contribution < 1.29 is 9.47 Å². The standard InChI is InChI=1S/C13H26N2O2S/c1-3-16-8-4-7-14-12(18)15-11-13(2)5-9-17-10-6-13/h3-11H2,1-2H3,(H2,14,15,18). The molecule has 0 aromatic heterocycles. The van der Waals surface area contributed by atoms with E-state index in [9.17, 15) is 0 Å². The normalized spacial score (nSPS) is 18.3. The minimum absolute atomic E-state index is 0.315. The minimum atomic E-state index is 0.315. The van der Waals surface area contributed by atoms with Crippen LogP contribution < -0.4 is 10.6 Å². The van der Waals surface area contributed by atoms with E-state index in [4.69, 9.17) is 21.7 Å². The van der Waals surface area contributed by atoms with Gasteiger partial charge in [0.1, 0.15) is 0 Å². The largest absolute Gasteiger partial charge is 0.382 e. The third kappa shape index (κ3) is 6.52. The Labute approximate surface area is 116 Å². The van der Waals surface area contributed by atoms with Gasteiger partial charge < -0.3 is 20.1 Å². The van der Waals surface area contributed by atoms with Crippen LogP contribution in [-0.4, -0.2) is 44.6 Å². The van der Waals surface area contributed by atoms with E-state index < -0.39 is 0 Å². The first-order valence-electron chi connectivity index (χ1n) is 6.83. The average Bonchev–Trinajstić information content (AvgIpc) is 2.37. The van der Waals surface area contributed by atoms with E-state index in [1.54, 1.807) is 0 Å². The summed E-state index contributed by atoms with van der Waals surface area (Å²) in [4.78, 5) is 0. The first-order chi connectivity index (χ1) is 8.66. The van der Waals surface area contributed by atoms with Crippen molar-refractivity contribution in [2.75, 3.05) is 39.5 Å². The highest BCUT2D eigenvalue weighted by Gasteiger charge is 2.27. The maximum Gasteiger partial charge on any atom is 0.166 e. The third-order valence-electron chi connectivity index (χ3n) is 3.33. The van der Waals surface area contributed by atoms with E-state index in [0.29, 0.717) is 5.41 Å². The van der Waals surface area contributed by atoms with Gasteiger partial charge in [-0.3, -0.25) is 0 Å². The predicted octanol–water partition coefficient (Wildman–Crippen LogP) is 1.69. The van der Waals surface area contributed by atoms with Gasteiger partial charge in [0, 0.05) is 39.5 Å². The van der Waals surface area contributed by atoms with E-state index in [0.717, 1.165) is 63.9 Å². The molecule has 1 fully saturated rings. The molecular formula is C13H26N2O2S. The van der Waals surface area contributed by atoms with Crippen LogP contribution in [0.4, 0.5) is 0 Å². The Hall–Kier alpha value is -0.390. The van der Waals surface area contributed by atoms with Crippen molar-refractivity contribution in [3.8, 4) is 0 Å². The summed E-state index contributed by atoms with van der Waals surface area (Å²) in [6.45, 7) is 9.40. The van der Waals surface area contributed by atoms with Gasteiger partial charge in [-0.2, -0.15) is 0 Å². The molecular weight excluding hydrogens is 248 g/mol. The highest BCUT2D eigenvalue weighted by Crippen LogP contribution is 2.28. The molecule has 1 rings (SSSR count). The van der Waals surface area contributed by atoms with E-state index in [1.165, 1.54) is 0 Å². The molecule has 4 nitrogen and oxygen atoms in total. The Bertz CT molecular complexity index is 243. The lowest BCUT2D eigenvalue weighted by Crippen LogP contribution is -2.43. The van der Waals surface area contributed by atoms with Gasteiger partial charge in [-0.25, -0.2) is 0 Å². The lowest BCUT2D eigenvalue weighted by Gasteiger charge is -2.34. The molecule has 0 saturated carbocycles. The summed E-state index contributed by atoms with van der Waals surface area (Å²) in [6, 6.07) is 0. The Morgan fingerprint density at radius 1 is 1.33 bits per heavy atom. The van der Waals surface area contributed by atoms with E-state index in [-0.39, 0.29) is 0 Å². The van der Waals surface area contributed by atoms with Crippen molar-refractivity contribution in [2.24, 2.45) is 5.41 Å². The van der Waals surface area contributed by atoms with Gasteiger partial charge in [0.2, 0.25) is 0 Å². The van der Waals surface area contributed by atoms with E-state index in [2.05, 4.69) is 17.6 Å². The highest BCUT2D eigenvalue weighted by molar-refractivity contribution is 7.80. The molecule has 18 heavy (non-hydrogen) atoms. The number of hydrogen-bond donors (Lipinski definition) is 2. The second-order valence-electron chi connectivity index (χ2n) is 5.08. The van der Waals surface area contributed by atoms with E-state index in [1.807, 2.05) is 6.92 Å². The second-order valence-corrected chi connectivity index (χ2v) is 5.49. The number of nitrogens with one attached hydrogen (secondary N) is 2. The van der Waals surface area contributed by atoms with Crippen LogP contribution >= 0.6 is 12.2 Å². The smallest absolute Gasteiger partial charge is 0.166 e. The fourth-order valence-electron chi connectivity index (χ4n) is 1.92. The van der Waals surface area contributed by atoms with Crippen LogP contribution in [0.15, 0.2) is 0 Å². The zero-order valence-electron chi connectivity index (χ0n) is 11.6. The van der Waals surface area contributed by atoms with E-state index >= 15 is 0 Å². The second kappa shape index (κ2) is 8.67. The first kappa shape index (κ1) is 15.7. The molecule has 0 aliphatic carbocycles. The zero-order chi connectivity index (χ0) is 13.3. The van der Waals surface area contributed by atoms with Crippen LogP contribution in [0.5, 0.6) is 0 Å². The van der Waals surface area contributed by atoms with Gasteiger partial charge in [0.05, 0.1) is 0 Å². The molecule has 0 bridgehead atoms. The molecule has 0 amide bonds. The summed E-state index contributed by atoms with van der Waals surface area (Å²) in [5, 5.41) is 7.26. The van der Waals surface area contributed by atoms with Gasteiger partial charge >= 0.3 is 0 Å². The van der Waals surface area contributed by atoms with Crippen molar-refractivity contribution >= 4 is 17.3 Å². The molecule has 0 unspecified atom stereocenters. The molecule has 1 aliphatic heterocycles. The Kier molecular flexibility index (Phi) is 7.54. The van der Waals surface area contributed by atoms with Crippen LogP contribution in [-0.2, 0) is 9.47 Å². The lowest BCUT2D eigenvalue weighted by molar-refractivity contribution is 0.0261. The third-order valence-corrected chi connectivity index (χ3v) is 3.62. The Morgan fingerprint density at radius 3 is 2.72 bits per heavy atom. The molecule has 0 radical (unpaired) electrons. The quantitative estimate of drug-likeness (QED) is 0.546. The van der Waals surface area contributed by atoms with Crippen LogP contribution in [0, 0.1) is 5.41 Å². The highest BCUT2D eigenvalue weighted by atomic mass is 32.1. The topological polar surface area (TPSA) is 42.5 Å². The molecule has 5 heteroatoms. The van der Waals surface area contributed by atoms with Crippen LogP contribution in [0.25, 0.3) is 0 Å². The van der Waals surface area contributed by atoms with Crippen molar-refractivity contribution in [2.45, 2.75) is 33.1 Å². The summed E-state index contributed by atoms with van der Waals surface area (Å²) >= 11 is 5.26. The molecule has 0 atom stereocenters. The Balaban J connectivity index is 2.05. The van der Waals surface area contributed by atoms with Crippen molar-refractivity contribution in [1.29, 1.82) is 0 Å². The van der Waals surface area contributed by atoms with Gasteiger partial charge in [-0.15, -0.1) is 0 Å². The number of ether oxygens (including phenoxy) is 2. The summed E-state index contributed by atoms with van der Waals surface area (Å²) in [7, 11) is 0. The maximum atomic E-state index is 5.38. The fourth-order valence-corrected chi connectivity index (χ4v) is 2.09. The van der Waals surface area contributed by atoms with Crippen LogP contribution in [0.1, 0.15) is 33.1 Å². The van der Waals surface area contributed by atoms with Gasteiger partial charge in [-0.1, -0.05) is 6.92 Å². The zero-order valence-corrected chi connectivity index (χ0v) is 12.4. The summed E-state index contributed by atoms with van der Waals surface area (Å²) in [5.41, 5.74) is 0.315. The van der Waals surface area contributed by atoms with Crippen LogP contribution in [0.3, 0.4) is 0 Å². The van der Waals surface area contributed by atoms with Gasteiger partial charge in [-0.05, 0) is 43.8 Å². The summed E-state index contributed by atoms with van der Waals surface area (Å²) in [6.07, 6.45) is 3.20. The van der Waals surface area contributed by atoms with Crippen molar-refractivity contribution in [3.05, 3.63) is 0 Å². The lowest BCUT2D eigenvalue weighted by atomic mass is 9.82. The van der Waals surface area contributed by atoms with Gasteiger partial charge in [0.15, 0.2) is 5.11 Å². The monoisotopic (exact) mass is 274 g/mol. The predicted molar refractivity (Wildman–Crippen MR) is 77.9 cm³/mol. The fraction of sp³-hybridized carbons (Fsp3) is 0.923. The molecule has 2 N–H and O–H groups in total. The average molecular weight is 274 g/mol. The molecule has 1 saturated heterocycles. The maximum absolute atomic E-state index is 5.38. The molecule has 0 spiro atoms. The SMILES string of the molecule is CCOCCCNC(=S)NCC1(C)CCOCC1.